The van der Waals surface area contributed by atoms with Gasteiger partial charge in [-0.15, -0.1) is 6.58 Å². The van der Waals surface area contributed by atoms with Crippen molar-refractivity contribution >= 4 is 29.2 Å². The minimum atomic E-state index is -0.655. The molecule has 1 N–H and O–H groups in total. The number of nitrogens with zero attached hydrogens (tertiary/aromatic N) is 1. The van der Waals surface area contributed by atoms with Crippen LogP contribution in [0, 0.1) is 0 Å². The number of esters is 1. The fourth-order valence-electron chi connectivity index (χ4n) is 1.35. The number of carbonyl (C=O) groups excluding carboxylic acids is 2. The lowest BCUT2D eigenvalue weighted by atomic mass is 10.2. The molecule has 0 saturated carbocycles. The van der Waals surface area contributed by atoms with Crippen molar-refractivity contribution in [3.63, 3.8) is 0 Å². The number of anilines is 1. The Bertz CT molecular complexity index is 500. The summed E-state index contributed by atoms with van der Waals surface area (Å²) in [7, 11) is 1.23. The Kier molecular flexibility index (Phi) is 4.85. The van der Waals surface area contributed by atoms with E-state index in [-0.39, 0.29) is 16.6 Å². The van der Waals surface area contributed by atoms with Crippen molar-refractivity contribution in [3.05, 3.63) is 35.1 Å². The topological polar surface area (TPSA) is 68.3 Å². The van der Waals surface area contributed by atoms with Gasteiger partial charge in [-0.2, -0.15) is 0 Å². The highest BCUT2D eigenvalue weighted by molar-refractivity contribution is 6.36. The Morgan fingerprint density at radius 3 is 2.78 bits per heavy atom. The molecule has 1 amide bonds. The first-order valence-electron chi connectivity index (χ1n) is 5.15. The number of hydrogen-bond donors (Lipinski definition) is 1. The van der Waals surface area contributed by atoms with Crippen molar-refractivity contribution in [2.45, 2.75) is 13.3 Å². The maximum atomic E-state index is 11.5. The number of hydrogen-bond acceptors (Lipinski definition) is 4. The summed E-state index contributed by atoms with van der Waals surface area (Å²) >= 11 is 5.99. The lowest BCUT2D eigenvalue weighted by Gasteiger charge is -2.10. The SMILES string of the molecule is C=CCc1cc(NC(C)=O)c(Cl)c(C(=O)OC)n1. The Hall–Kier alpha value is -1.88. The zero-order valence-electron chi connectivity index (χ0n) is 10.1. The van der Waals surface area contributed by atoms with Crippen LogP contribution < -0.4 is 5.32 Å². The van der Waals surface area contributed by atoms with Crippen LogP contribution in [0.4, 0.5) is 5.69 Å². The van der Waals surface area contributed by atoms with Gasteiger partial charge in [0.15, 0.2) is 5.69 Å². The summed E-state index contributed by atoms with van der Waals surface area (Å²) in [5.74, 6) is -0.944. The summed E-state index contributed by atoms with van der Waals surface area (Å²) in [5, 5.41) is 2.60. The van der Waals surface area contributed by atoms with Crippen molar-refractivity contribution in [3.8, 4) is 0 Å². The normalized spacial score (nSPS) is 9.72. The fourth-order valence-corrected chi connectivity index (χ4v) is 1.57. The van der Waals surface area contributed by atoms with Crippen molar-refractivity contribution < 1.29 is 14.3 Å². The largest absolute Gasteiger partial charge is 0.464 e. The Morgan fingerprint density at radius 2 is 2.28 bits per heavy atom. The molecule has 18 heavy (non-hydrogen) atoms. The molecule has 0 fully saturated rings. The molecule has 0 atom stereocenters. The quantitative estimate of drug-likeness (QED) is 0.671. The number of allylic oxidation sites excluding steroid dienone is 1. The molecule has 0 bridgehead atoms. The van der Waals surface area contributed by atoms with Crippen molar-refractivity contribution in [1.29, 1.82) is 0 Å². The summed E-state index contributed by atoms with van der Waals surface area (Å²) in [6.07, 6.45) is 2.09. The van der Waals surface area contributed by atoms with Crippen LogP contribution in [-0.4, -0.2) is 24.0 Å². The molecule has 0 unspecified atom stereocenters. The average molecular weight is 269 g/mol. The highest BCUT2D eigenvalue weighted by Gasteiger charge is 2.18. The number of amides is 1. The van der Waals surface area contributed by atoms with E-state index < -0.39 is 5.97 Å². The average Bonchev–Trinajstić information content (AvgIpc) is 2.31. The molecule has 0 saturated heterocycles. The second-order valence-corrected chi connectivity index (χ2v) is 3.87. The lowest BCUT2D eigenvalue weighted by molar-refractivity contribution is -0.114. The van der Waals surface area contributed by atoms with Gasteiger partial charge < -0.3 is 10.1 Å². The second-order valence-electron chi connectivity index (χ2n) is 3.49. The second kappa shape index (κ2) is 6.16. The van der Waals surface area contributed by atoms with Gasteiger partial charge in [-0.3, -0.25) is 4.79 Å². The summed E-state index contributed by atoms with van der Waals surface area (Å²) < 4.78 is 4.59. The van der Waals surface area contributed by atoms with E-state index in [9.17, 15) is 9.59 Å². The molecule has 0 aliphatic heterocycles. The molecule has 0 radical (unpaired) electrons. The van der Waals surface area contributed by atoms with Crippen LogP contribution in [-0.2, 0) is 16.0 Å². The Balaban J connectivity index is 3.31. The van der Waals surface area contributed by atoms with E-state index in [1.54, 1.807) is 12.1 Å². The molecule has 0 aliphatic rings. The van der Waals surface area contributed by atoms with E-state index in [0.717, 1.165) is 0 Å². The number of methoxy groups -OCH3 is 1. The Morgan fingerprint density at radius 1 is 1.61 bits per heavy atom. The number of rotatable bonds is 4. The van der Waals surface area contributed by atoms with E-state index in [2.05, 4.69) is 21.6 Å². The maximum absolute atomic E-state index is 11.5. The molecule has 0 aliphatic carbocycles. The molecule has 5 nitrogen and oxygen atoms in total. The smallest absolute Gasteiger partial charge is 0.358 e. The molecule has 96 valence electrons. The third kappa shape index (κ3) is 3.30. The lowest BCUT2D eigenvalue weighted by Crippen LogP contribution is -2.12. The summed E-state index contributed by atoms with van der Waals surface area (Å²) in [4.78, 5) is 26.7. The standard InChI is InChI=1S/C12H13ClN2O3/c1-4-5-8-6-9(14-7(2)16)10(13)11(15-8)12(17)18-3/h4,6H,1,5H2,2-3H3,(H,14,15,16). The third-order valence-electron chi connectivity index (χ3n) is 2.05. The van der Waals surface area contributed by atoms with E-state index in [4.69, 9.17) is 11.6 Å². The number of carbonyl (C=O) groups is 2. The van der Waals surface area contributed by atoms with Crippen molar-refractivity contribution in [1.82, 2.24) is 4.98 Å². The molecular weight excluding hydrogens is 256 g/mol. The first kappa shape index (κ1) is 14.2. The number of aromatic nitrogens is 1. The van der Waals surface area contributed by atoms with Gasteiger partial charge in [-0.05, 0) is 6.07 Å². The molecule has 6 heteroatoms. The van der Waals surface area contributed by atoms with Gasteiger partial charge in [0.05, 0.1) is 17.8 Å². The number of ether oxygens (including phenoxy) is 1. The van der Waals surface area contributed by atoms with Gasteiger partial charge in [-0.1, -0.05) is 17.7 Å². The Labute approximate surface area is 110 Å². The number of halogens is 1. The van der Waals surface area contributed by atoms with Gasteiger partial charge in [-0.25, -0.2) is 9.78 Å². The molecular formula is C12H13ClN2O3. The minimum absolute atomic E-state index is 0.0257. The molecule has 0 spiro atoms. The van der Waals surface area contributed by atoms with Crippen LogP contribution >= 0.6 is 11.6 Å². The summed E-state index contributed by atoms with van der Waals surface area (Å²) in [6, 6.07) is 1.60. The van der Waals surface area contributed by atoms with Crippen molar-refractivity contribution in [2.24, 2.45) is 0 Å². The molecule has 1 aromatic rings. The van der Waals surface area contributed by atoms with E-state index in [0.29, 0.717) is 17.8 Å². The van der Waals surface area contributed by atoms with Crippen LogP contribution in [0.5, 0.6) is 0 Å². The number of pyridine rings is 1. The monoisotopic (exact) mass is 268 g/mol. The van der Waals surface area contributed by atoms with Gasteiger partial charge in [0, 0.05) is 19.0 Å². The van der Waals surface area contributed by atoms with Crippen LogP contribution in [0.25, 0.3) is 0 Å². The zero-order chi connectivity index (χ0) is 13.7. The predicted molar refractivity (Wildman–Crippen MR) is 68.8 cm³/mol. The van der Waals surface area contributed by atoms with Crippen LogP contribution in [0.3, 0.4) is 0 Å². The maximum Gasteiger partial charge on any atom is 0.358 e. The highest BCUT2D eigenvalue weighted by atomic mass is 35.5. The van der Waals surface area contributed by atoms with Crippen LogP contribution in [0.1, 0.15) is 23.1 Å². The van der Waals surface area contributed by atoms with Crippen LogP contribution in [0.2, 0.25) is 5.02 Å². The first-order chi connectivity index (χ1) is 8.49. The van der Waals surface area contributed by atoms with Crippen LogP contribution in [0.15, 0.2) is 18.7 Å². The first-order valence-corrected chi connectivity index (χ1v) is 5.53. The van der Waals surface area contributed by atoms with Gasteiger partial charge in [0.25, 0.3) is 0 Å². The van der Waals surface area contributed by atoms with Gasteiger partial charge in [0.1, 0.15) is 0 Å². The summed E-state index contributed by atoms with van der Waals surface area (Å²) in [5.41, 5.74) is 0.872. The van der Waals surface area contributed by atoms with E-state index in [1.807, 2.05) is 0 Å². The van der Waals surface area contributed by atoms with Crippen molar-refractivity contribution in [2.75, 3.05) is 12.4 Å². The highest BCUT2D eigenvalue weighted by Crippen LogP contribution is 2.26. The van der Waals surface area contributed by atoms with Gasteiger partial charge in [0.2, 0.25) is 5.91 Å². The summed E-state index contributed by atoms with van der Waals surface area (Å²) in [6.45, 7) is 4.94. The van der Waals surface area contributed by atoms with Gasteiger partial charge >= 0.3 is 5.97 Å². The molecule has 0 aromatic carbocycles. The molecule has 1 aromatic heterocycles. The predicted octanol–water partition coefficient (Wildman–Crippen LogP) is 2.21. The minimum Gasteiger partial charge on any atom is -0.464 e. The molecule has 1 heterocycles. The third-order valence-corrected chi connectivity index (χ3v) is 2.44. The van der Waals surface area contributed by atoms with E-state index >= 15 is 0 Å². The number of nitrogens with one attached hydrogen (secondary N) is 1. The van der Waals surface area contributed by atoms with E-state index in [1.165, 1.54) is 14.0 Å². The fraction of sp³-hybridized carbons (Fsp3) is 0.250. The molecule has 1 rings (SSSR count). The zero-order valence-corrected chi connectivity index (χ0v) is 10.9.